The van der Waals surface area contributed by atoms with Crippen LogP contribution in [-0.2, 0) is 37.2 Å². The molecule has 2 atom stereocenters. The van der Waals surface area contributed by atoms with Crippen molar-refractivity contribution in [3.8, 4) is 23.7 Å². The number of hydrogen-bond acceptors (Lipinski definition) is 6. The minimum Gasteiger partial charge on any atom is -0.478 e. The van der Waals surface area contributed by atoms with Crippen molar-refractivity contribution in [1.82, 2.24) is 0 Å². The van der Waals surface area contributed by atoms with Crippen molar-refractivity contribution >= 4 is 50.8 Å². The SMILES string of the molecule is CC(=O)Nc1cc(C#Cc2ccc3c(c2)C(C)(C)CCS3=O)ccc1C(=O)O.CC1(C)CCS(=O)c2ccc(C#Cc3ccc(C(=O)O)c(N)c3)cc21. The van der Waals surface area contributed by atoms with Crippen LogP contribution in [0.2, 0.25) is 0 Å². The van der Waals surface area contributed by atoms with Gasteiger partial charge in [0, 0.05) is 56.2 Å². The summed E-state index contributed by atoms with van der Waals surface area (Å²) in [6.07, 6.45) is 1.75. The number of amides is 1. The molecule has 0 fully saturated rings. The minimum atomic E-state index is -1.12. The molecule has 53 heavy (non-hydrogen) atoms. The van der Waals surface area contributed by atoms with Crippen LogP contribution in [0.1, 0.15) is 102 Å². The van der Waals surface area contributed by atoms with Crippen LogP contribution in [0.25, 0.3) is 0 Å². The Kier molecular flexibility index (Phi) is 11.4. The molecule has 5 N–H and O–H groups in total. The lowest BCUT2D eigenvalue weighted by Crippen LogP contribution is -2.27. The number of rotatable bonds is 3. The fourth-order valence-electron chi connectivity index (χ4n) is 6.08. The molecule has 2 heterocycles. The van der Waals surface area contributed by atoms with Gasteiger partial charge in [-0.15, -0.1) is 0 Å². The first-order valence-corrected chi connectivity index (χ1v) is 19.5. The molecular weight excluding hydrogens is 709 g/mol. The van der Waals surface area contributed by atoms with Gasteiger partial charge in [0.2, 0.25) is 5.91 Å². The molecule has 2 aliphatic rings. The number of carbonyl (C=O) groups is 3. The molecule has 0 aromatic heterocycles. The summed E-state index contributed by atoms with van der Waals surface area (Å²) in [6.45, 7) is 9.92. The summed E-state index contributed by atoms with van der Waals surface area (Å²) in [7, 11) is -1.91. The summed E-state index contributed by atoms with van der Waals surface area (Å²) in [6, 6.07) is 20.8. The molecule has 0 radical (unpaired) electrons. The maximum atomic E-state index is 12.3. The van der Waals surface area contributed by atoms with E-state index in [1.165, 1.54) is 19.1 Å². The highest BCUT2D eigenvalue weighted by Crippen LogP contribution is 2.38. The number of nitrogens with one attached hydrogen (secondary N) is 1. The molecule has 11 heteroatoms. The molecule has 6 rings (SSSR count). The Bertz CT molecular complexity index is 2340. The highest BCUT2D eigenvalue weighted by Gasteiger charge is 2.32. The zero-order chi connectivity index (χ0) is 38.7. The number of benzene rings is 4. The summed E-state index contributed by atoms with van der Waals surface area (Å²) in [5, 5.41) is 20.8. The Labute approximate surface area is 314 Å². The molecule has 2 unspecified atom stereocenters. The standard InChI is InChI=1S/C22H21NO4S.C20H19NO3S/c1-14(24)23-19-13-16(6-8-17(19)21(25)26)5-4-15-7-9-20-18(12-15)22(2,3)10-11-28(20)27;1-20(2)9-10-25(24)18-8-6-13(11-16(18)20)3-4-14-5-7-15(19(22)23)17(21)12-14/h6-9,12-13H,10-11H2,1-3H3,(H,23,24)(H,25,26);5-8,11-12H,9-10,21H2,1-2H3,(H,22,23). The van der Waals surface area contributed by atoms with Crippen molar-refractivity contribution in [3.63, 3.8) is 0 Å². The summed E-state index contributed by atoms with van der Waals surface area (Å²) in [5.41, 5.74) is 11.2. The molecule has 0 saturated carbocycles. The molecule has 2 aliphatic heterocycles. The van der Waals surface area contributed by atoms with E-state index in [2.05, 4.69) is 56.7 Å². The van der Waals surface area contributed by atoms with Crippen LogP contribution < -0.4 is 11.1 Å². The van der Waals surface area contributed by atoms with Crippen molar-refractivity contribution in [2.75, 3.05) is 22.6 Å². The third-order valence-corrected chi connectivity index (χ3v) is 12.1. The number of anilines is 2. The molecule has 0 bridgehead atoms. The van der Waals surface area contributed by atoms with Crippen molar-refractivity contribution in [3.05, 3.63) is 117 Å². The quantitative estimate of drug-likeness (QED) is 0.133. The highest BCUT2D eigenvalue weighted by molar-refractivity contribution is 7.85. The fraction of sp³-hybridized carbons (Fsp3) is 0.262. The van der Waals surface area contributed by atoms with Crippen LogP contribution >= 0.6 is 0 Å². The van der Waals surface area contributed by atoms with Gasteiger partial charge in [-0.25, -0.2) is 9.59 Å². The van der Waals surface area contributed by atoms with Crippen LogP contribution in [-0.4, -0.2) is 48.0 Å². The second-order valence-electron chi connectivity index (χ2n) is 14.1. The van der Waals surface area contributed by atoms with E-state index in [9.17, 15) is 27.9 Å². The molecule has 4 aromatic carbocycles. The molecule has 0 saturated heterocycles. The van der Waals surface area contributed by atoms with E-state index >= 15 is 0 Å². The van der Waals surface area contributed by atoms with Gasteiger partial charge in [0.15, 0.2) is 0 Å². The van der Waals surface area contributed by atoms with Gasteiger partial charge in [-0.3, -0.25) is 13.2 Å². The third-order valence-electron chi connectivity index (χ3n) is 9.28. The number of hydrogen-bond donors (Lipinski definition) is 4. The van der Waals surface area contributed by atoms with E-state index in [1.807, 2.05) is 36.4 Å². The number of carboxylic acid groups (broad SMARTS) is 2. The van der Waals surface area contributed by atoms with Gasteiger partial charge < -0.3 is 21.3 Å². The Morgan fingerprint density at radius 1 is 0.642 bits per heavy atom. The zero-order valence-electron chi connectivity index (χ0n) is 30.1. The number of aromatic carboxylic acids is 2. The van der Waals surface area contributed by atoms with Crippen LogP contribution in [0.3, 0.4) is 0 Å². The number of nitrogen functional groups attached to an aromatic ring is 1. The number of fused-ring (bicyclic) bond motifs is 2. The summed E-state index contributed by atoms with van der Waals surface area (Å²) >= 11 is 0. The lowest BCUT2D eigenvalue weighted by atomic mass is 9.81. The van der Waals surface area contributed by atoms with Gasteiger partial charge in [0.05, 0.1) is 38.4 Å². The predicted molar refractivity (Wildman–Crippen MR) is 208 cm³/mol. The average molecular weight is 749 g/mol. The summed E-state index contributed by atoms with van der Waals surface area (Å²) < 4.78 is 24.5. The van der Waals surface area contributed by atoms with Gasteiger partial charge in [0.1, 0.15) is 0 Å². The van der Waals surface area contributed by atoms with E-state index in [4.69, 9.17) is 10.8 Å². The summed E-state index contributed by atoms with van der Waals surface area (Å²) in [5.74, 6) is 11.0. The third kappa shape index (κ3) is 9.12. The van der Waals surface area contributed by atoms with E-state index in [0.29, 0.717) is 22.6 Å². The Morgan fingerprint density at radius 2 is 1.04 bits per heavy atom. The average Bonchev–Trinajstić information content (AvgIpc) is 3.10. The first kappa shape index (κ1) is 38.7. The van der Waals surface area contributed by atoms with Crippen LogP contribution in [0, 0.1) is 23.7 Å². The second kappa shape index (κ2) is 15.6. The van der Waals surface area contributed by atoms with Crippen molar-refractivity contribution in [1.29, 1.82) is 0 Å². The van der Waals surface area contributed by atoms with Crippen molar-refractivity contribution in [2.45, 2.75) is 68.1 Å². The van der Waals surface area contributed by atoms with Crippen molar-refractivity contribution in [2.24, 2.45) is 0 Å². The molecule has 0 aliphatic carbocycles. The van der Waals surface area contributed by atoms with Gasteiger partial charge in [-0.2, -0.15) is 0 Å². The molecule has 0 spiro atoms. The minimum absolute atomic E-state index is 0.0127. The summed E-state index contributed by atoms with van der Waals surface area (Å²) in [4.78, 5) is 35.4. The second-order valence-corrected chi connectivity index (χ2v) is 17.2. The van der Waals surface area contributed by atoms with Gasteiger partial charge in [-0.1, -0.05) is 51.4 Å². The van der Waals surface area contributed by atoms with Gasteiger partial charge >= 0.3 is 11.9 Å². The van der Waals surface area contributed by atoms with Crippen LogP contribution in [0.5, 0.6) is 0 Å². The maximum Gasteiger partial charge on any atom is 0.337 e. The zero-order valence-corrected chi connectivity index (χ0v) is 31.7. The van der Waals surface area contributed by atoms with E-state index in [1.54, 1.807) is 24.3 Å². The normalized spacial score (nSPS) is 17.5. The topological polar surface area (TPSA) is 164 Å². The fourth-order valence-corrected chi connectivity index (χ4v) is 9.51. The molecule has 4 aromatic rings. The Balaban J connectivity index is 0.000000206. The molecular formula is C42H40N2O7S2. The predicted octanol–water partition coefficient (Wildman–Crippen LogP) is 6.69. The highest BCUT2D eigenvalue weighted by atomic mass is 32.2. The van der Waals surface area contributed by atoms with E-state index in [0.717, 1.165) is 44.9 Å². The largest absolute Gasteiger partial charge is 0.478 e. The van der Waals surface area contributed by atoms with Crippen molar-refractivity contribution < 1.29 is 33.0 Å². The molecule has 272 valence electrons. The first-order chi connectivity index (χ1) is 24.9. The van der Waals surface area contributed by atoms with Gasteiger partial charge in [0.25, 0.3) is 0 Å². The lowest BCUT2D eigenvalue weighted by Gasteiger charge is -2.31. The van der Waals surface area contributed by atoms with Crippen LogP contribution in [0.4, 0.5) is 11.4 Å². The van der Waals surface area contributed by atoms with E-state index in [-0.39, 0.29) is 39.2 Å². The van der Waals surface area contributed by atoms with Crippen LogP contribution in [0.15, 0.2) is 82.6 Å². The Hall–Kier alpha value is -5.49. The number of carbonyl (C=O) groups excluding carboxylic acids is 1. The molecule has 9 nitrogen and oxygen atoms in total. The number of nitrogens with two attached hydrogens (primary N) is 1. The maximum absolute atomic E-state index is 12.3. The molecule has 1 amide bonds. The lowest BCUT2D eigenvalue weighted by molar-refractivity contribution is -0.114. The first-order valence-electron chi connectivity index (χ1n) is 16.8. The van der Waals surface area contributed by atoms with Gasteiger partial charge in [-0.05, 0) is 108 Å². The Morgan fingerprint density at radius 3 is 1.45 bits per heavy atom. The smallest absolute Gasteiger partial charge is 0.337 e. The number of carboxylic acids is 2. The monoisotopic (exact) mass is 748 g/mol. The van der Waals surface area contributed by atoms with E-state index < -0.39 is 33.5 Å².